The smallest absolute Gasteiger partial charge is 0.345 e. The van der Waals surface area contributed by atoms with Crippen molar-refractivity contribution in [1.82, 2.24) is 14.8 Å². The van der Waals surface area contributed by atoms with Crippen molar-refractivity contribution < 1.29 is 9.90 Å². The molecule has 0 saturated heterocycles. The first-order chi connectivity index (χ1) is 9.74. The predicted octanol–water partition coefficient (Wildman–Crippen LogP) is 3.06. The monoisotopic (exact) mass is 309 g/mol. The Morgan fingerprint density at radius 2 is 2.25 bits per heavy atom. The van der Waals surface area contributed by atoms with E-state index in [4.69, 9.17) is 5.11 Å². The van der Waals surface area contributed by atoms with Crippen LogP contribution in [0.4, 0.5) is 0 Å². The van der Waals surface area contributed by atoms with E-state index in [-0.39, 0.29) is 0 Å². The molecule has 1 aliphatic rings. The van der Waals surface area contributed by atoms with Crippen molar-refractivity contribution >= 4 is 29.1 Å². The molecule has 0 fully saturated rings. The molecule has 0 bridgehead atoms. The Kier molecular flexibility index (Phi) is 4.07. The molecule has 20 heavy (non-hydrogen) atoms. The van der Waals surface area contributed by atoms with E-state index in [2.05, 4.69) is 14.8 Å². The van der Waals surface area contributed by atoms with Gasteiger partial charge in [0.1, 0.15) is 10.7 Å². The fraction of sp³-hybridized carbons (Fsp3) is 0.462. The number of nitrogens with zero attached hydrogens (tertiary/aromatic N) is 3. The van der Waals surface area contributed by atoms with Gasteiger partial charge in [-0.3, -0.25) is 0 Å². The minimum atomic E-state index is -0.859. The highest BCUT2D eigenvalue weighted by molar-refractivity contribution is 7.98. The number of rotatable bonds is 4. The molecule has 0 unspecified atom stereocenters. The maximum absolute atomic E-state index is 10.9. The average molecular weight is 309 g/mol. The van der Waals surface area contributed by atoms with Gasteiger partial charge in [-0.05, 0) is 25.0 Å². The molecular formula is C13H15N3O2S2. The van der Waals surface area contributed by atoms with Gasteiger partial charge in [0.15, 0.2) is 5.16 Å². The van der Waals surface area contributed by atoms with Crippen LogP contribution in [-0.4, -0.2) is 25.8 Å². The molecule has 0 atom stereocenters. The molecule has 2 aromatic heterocycles. The van der Waals surface area contributed by atoms with E-state index in [9.17, 15) is 4.79 Å². The molecular weight excluding hydrogens is 294 g/mol. The molecule has 5 nitrogen and oxygen atoms in total. The first kappa shape index (κ1) is 13.6. The van der Waals surface area contributed by atoms with Crippen LogP contribution in [0.3, 0.4) is 0 Å². The summed E-state index contributed by atoms with van der Waals surface area (Å²) in [5, 5.41) is 18.4. The number of thioether (sulfide) groups is 1. The van der Waals surface area contributed by atoms with Crippen LogP contribution in [0.25, 0.3) is 0 Å². The maximum Gasteiger partial charge on any atom is 0.345 e. The molecule has 1 aliphatic heterocycles. The first-order valence-corrected chi connectivity index (χ1v) is 8.41. The Bertz CT molecular complexity index is 621. The summed E-state index contributed by atoms with van der Waals surface area (Å²) >= 11 is 2.96. The third-order valence-electron chi connectivity index (χ3n) is 3.29. The van der Waals surface area contributed by atoms with Crippen LogP contribution in [0.15, 0.2) is 17.3 Å². The van der Waals surface area contributed by atoms with Gasteiger partial charge in [0, 0.05) is 23.6 Å². The maximum atomic E-state index is 10.9. The number of aromatic carboxylic acids is 1. The highest BCUT2D eigenvalue weighted by Crippen LogP contribution is 2.27. The number of thiophene rings is 1. The van der Waals surface area contributed by atoms with Crippen LogP contribution in [0, 0.1) is 0 Å². The predicted molar refractivity (Wildman–Crippen MR) is 78.4 cm³/mol. The van der Waals surface area contributed by atoms with Gasteiger partial charge in [-0.2, -0.15) is 0 Å². The standard InChI is InChI=1S/C13H15N3O2S2/c17-12(18)10-6-5-9(20-10)8-19-13-15-14-11-4-2-1-3-7-16(11)13/h5-6H,1-4,7-8H2,(H,17,18). The summed E-state index contributed by atoms with van der Waals surface area (Å²) in [6.45, 7) is 0.996. The van der Waals surface area contributed by atoms with Gasteiger partial charge in [0.05, 0.1) is 0 Å². The third kappa shape index (κ3) is 2.88. The normalized spacial score (nSPS) is 14.8. The Morgan fingerprint density at radius 3 is 3.05 bits per heavy atom. The van der Waals surface area contributed by atoms with Gasteiger partial charge in [-0.15, -0.1) is 21.5 Å². The second kappa shape index (κ2) is 5.97. The van der Waals surface area contributed by atoms with Crippen molar-refractivity contribution in [3.8, 4) is 0 Å². The van der Waals surface area contributed by atoms with E-state index in [0.717, 1.165) is 34.6 Å². The van der Waals surface area contributed by atoms with Crippen molar-refractivity contribution in [2.24, 2.45) is 0 Å². The zero-order valence-electron chi connectivity index (χ0n) is 10.9. The molecule has 0 amide bonds. The summed E-state index contributed by atoms with van der Waals surface area (Å²) in [5.41, 5.74) is 0. The van der Waals surface area contributed by atoms with E-state index >= 15 is 0 Å². The van der Waals surface area contributed by atoms with E-state index in [0.29, 0.717) is 4.88 Å². The molecule has 3 rings (SSSR count). The van der Waals surface area contributed by atoms with Gasteiger partial charge in [0.2, 0.25) is 0 Å². The van der Waals surface area contributed by atoms with Gasteiger partial charge >= 0.3 is 5.97 Å². The lowest BCUT2D eigenvalue weighted by atomic mass is 10.2. The molecule has 0 saturated carbocycles. The van der Waals surface area contributed by atoms with Crippen molar-refractivity contribution in [2.75, 3.05) is 0 Å². The van der Waals surface area contributed by atoms with Crippen LogP contribution in [0.1, 0.15) is 39.6 Å². The summed E-state index contributed by atoms with van der Waals surface area (Å²) in [5.74, 6) is 0.973. The van der Waals surface area contributed by atoms with Crippen molar-refractivity contribution in [3.05, 3.63) is 27.7 Å². The number of aromatic nitrogens is 3. The molecule has 7 heteroatoms. The van der Waals surface area contributed by atoms with Crippen molar-refractivity contribution in [2.45, 2.75) is 43.1 Å². The lowest BCUT2D eigenvalue weighted by Gasteiger charge is -2.05. The summed E-state index contributed by atoms with van der Waals surface area (Å²) in [4.78, 5) is 12.3. The van der Waals surface area contributed by atoms with Crippen LogP contribution in [0.2, 0.25) is 0 Å². The Balaban J connectivity index is 1.69. The fourth-order valence-electron chi connectivity index (χ4n) is 2.27. The average Bonchev–Trinajstić information content (AvgIpc) is 2.98. The molecule has 0 radical (unpaired) electrons. The van der Waals surface area contributed by atoms with Crippen molar-refractivity contribution in [1.29, 1.82) is 0 Å². The number of carboxylic acids is 1. The summed E-state index contributed by atoms with van der Waals surface area (Å²) in [6, 6.07) is 3.54. The van der Waals surface area contributed by atoms with Gasteiger partial charge < -0.3 is 9.67 Å². The third-order valence-corrected chi connectivity index (χ3v) is 5.56. The molecule has 1 N–H and O–H groups in total. The molecule has 0 aliphatic carbocycles. The van der Waals surface area contributed by atoms with Crippen LogP contribution in [0.5, 0.6) is 0 Å². The number of hydrogen-bond donors (Lipinski definition) is 1. The minimum Gasteiger partial charge on any atom is -0.477 e. The Hall–Kier alpha value is -1.34. The minimum absolute atomic E-state index is 0.390. The number of hydrogen-bond acceptors (Lipinski definition) is 5. The zero-order valence-corrected chi connectivity index (χ0v) is 12.5. The number of aryl methyl sites for hydroxylation is 1. The largest absolute Gasteiger partial charge is 0.477 e. The molecule has 2 aromatic rings. The van der Waals surface area contributed by atoms with Crippen molar-refractivity contribution in [3.63, 3.8) is 0 Å². The van der Waals surface area contributed by atoms with E-state index < -0.39 is 5.97 Å². The SMILES string of the molecule is O=C(O)c1ccc(CSc2nnc3n2CCCCC3)s1. The zero-order chi connectivity index (χ0) is 13.9. The van der Waals surface area contributed by atoms with Gasteiger partial charge in [-0.25, -0.2) is 4.79 Å². The number of carboxylic acid groups (broad SMARTS) is 1. The Labute approximate surface area is 125 Å². The van der Waals surface area contributed by atoms with Crippen LogP contribution < -0.4 is 0 Å². The number of fused-ring (bicyclic) bond motifs is 1. The Morgan fingerprint density at radius 1 is 1.35 bits per heavy atom. The highest BCUT2D eigenvalue weighted by Gasteiger charge is 2.15. The van der Waals surface area contributed by atoms with E-state index in [1.165, 1.54) is 30.6 Å². The lowest BCUT2D eigenvalue weighted by molar-refractivity contribution is 0.0702. The summed E-state index contributed by atoms with van der Waals surface area (Å²) < 4.78 is 2.21. The molecule has 0 aromatic carbocycles. The van der Waals surface area contributed by atoms with Gasteiger partial charge in [0.25, 0.3) is 0 Å². The molecule has 3 heterocycles. The second-order valence-corrected chi connectivity index (χ2v) is 6.83. The number of carbonyl (C=O) groups is 1. The van der Waals surface area contributed by atoms with Gasteiger partial charge in [-0.1, -0.05) is 18.2 Å². The lowest BCUT2D eigenvalue weighted by Crippen LogP contribution is -2.02. The van der Waals surface area contributed by atoms with Crippen LogP contribution in [-0.2, 0) is 18.7 Å². The van der Waals surface area contributed by atoms with Crippen LogP contribution >= 0.6 is 23.1 Å². The quantitative estimate of drug-likeness (QED) is 0.879. The summed E-state index contributed by atoms with van der Waals surface area (Å²) in [6.07, 6.45) is 4.63. The topological polar surface area (TPSA) is 68.0 Å². The van der Waals surface area contributed by atoms with E-state index in [1.807, 2.05) is 6.07 Å². The molecule has 0 spiro atoms. The fourth-order valence-corrected chi connectivity index (χ4v) is 4.14. The first-order valence-electron chi connectivity index (χ1n) is 6.61. The summed E-state index contributed by atoms with van der Waals surface area (Å²) in [7, 11) is 0. The molecule has 106 valence electrons. The highest BCUT2D eigenvalue weighted by atomic mass is 32.2. The second-order valence-electron chi connectivity index (χ2n) is 4.72. The van der Waals surface area contributed by atoms with E-state index in [1.54, 1.807) is 17.8 Å².